The van der Waals surface area contributed by atoms with Gasteiger partial charge in [0.25, 0.3) is 0 Å². The first kappa shape index (κ1) is 10.8. The third-order valence-electron chi connectivity index (χ3n) is 2.25. The summed E-state index contributed by atoms with van der Waals surface area (Å²) in [6.07, 6.45) is -0.675. The summed E-state index contributed by atoms with van der Waals surface area (Å²) in [6.45, 7) is 4.09. The first-order valence-corrected chi connectivity index (χ1v) is 5.37. The van der Waals surface area contributed by atoms with E-state index in [1.54, 1.807) is 0 Å². The lowest BCUT2D eigenvalue weighted by atomic mass is 10.2. The highest BCUT2D eigenvalue weighted by Gasteiger charge is 2.27. The molecule has 1 unspecified atom stereocenters. The largest absolute Gasteiger partial charge is 0.475 e. The number of anilines is 1. The second kappa shape index (κ2) is 4.43. The zero-order chi connectivity index (χ0) is 11.5. The molecule has 1 aliphatic rings. The van der Waals surface area contributed by atoms with E-state index in [0.717, 1.165) is 5.69 Å². The molecule has 86 valence electrons. The highest BCUT2D eigenvalue weighted by molar-refractivity contribution is 5.77. The minimum absolute atomic E-state index is 0.117. The van der Waals surface area contributed by atoms with Gasteiger partial charge in [0, 0.05) is 0 Å². The molecule has 2 rings (SSSR count). The van der Waals surface area contributed by atoms with Gasteiger partial charge < -0.3 is 14.8 Å². The molecular formula is C12H15NO3. The summed E-state index contributed by atoms with van der Waals surface area (Å²) >= 11 is 0. The number of para-hydroxylation sites is 2. The molecule has 1 aromatic rings. The summed E-state index contributed by atoms with van der Waals surface area (Å²) in [7, 11) is 0. The number of nitrogens with one attached hydrogen (secondary N) is 1. The van der Waals surface area contributed by atoms with Gasteiger partial charge in [-0.3, -0.25) is 0 Å². The summed E-state index contributed by atoms with van der Waals surface area (Å²) in [5.41, 5.74) is 0.913. The Balaban J connectivity index is 2.05. The first-order chi connectivity index (χ1) is 7.66. The van der Waals surface area contributed by atoms with Gasteiger partial charge in [0.2, 0.25) is 6.10 Å². The van der Waals surface area contributed by atoms with Crippen molar-refractivity contribution in [1.82, 2.24) is 0 Å². The molecule has 0 spiro atoms. The number of carbonyl (C=O) groups excluding carboxylic acids is 1. The third kappa shape index (κ3) is 2.27. The number of benzene rings is 1. The van der Waals surface area contributed by atoms with Crippen LogP contribution in [0, 0.1) is 0 Å². The Morgan fingerprint density at radius 3 is 3.00 bits per heavy atom. The SMILES string of the molecule is CC(C)OC(=O)C1CNc2ccccc2O1. The van der Waals surface area contributed by atoms with Gasteiger partial charge in [0.05, 0.1) is 18.3 Å². The minimum Gasteiger partial charge on any atom is -0.475 e. The van der Waals surface area contributed by atoms with E-state index in [4.69, 9.17) is 9.47 Å². The Labute approximate surface area is 94.6 Å². The fraction of sp³-hybridized carbons (Fsp3) is 0.417. The monoisotopic (exact) mass is 221 g/mol. The molecule has 1 aliphatic heterocycles. The maximum Gasteiger partial charge on any atom is 0.349 e. The fourth-order valence-corrected chi connectivity index (χ4v) is 1.55. The van der Waals surface area contributed by atoms with Crippen molar-refractivity contribution in [1.29, 1.82) is 0 Å². The Morgan fingerprint density at radius 2 is 2.25 bits per heavy atom. The molecule has 0 aliphatic carbocycles. The van der Waals surface area contributed by atoms with Crippen LogP contribution in [0.2, 0.25) is 0 Å². The van der Waals surface area contributed by atoms with Gasteiger partial charge in [-0.15, -0.1) is 0 Å². The predicted molar refractivity (Wildman–Crippen MR) is 60.6 cm³/mol. The van der Waals surface area contributed by atoms with Crippen molar-refractivity contribution < 1.29 is 14.3 Å². The van der Waals surface area contributed by atoms with Crippen molar-refractivity contribution in [2.75, 3.05) is 11.9 Å². The second-order valence-corrected chi connectivity index (χ2v) is 3.97. The van der Waals surface area contributed by atoms with E-state index in [9.17, 15) is 4.79 Å². The van der Waals surface area contributed by atoms with Crippen molar-refractivity contribution in [3.05, 3.63) is 24.3 Å². The zero-order valence-electron chi connectivity index (χ0n) is 9.40. The van der Waals surface area contributed by atoms with Gasteiger partial charge in [-0.2, -0.15) is 0 Å². The molecule has 1 aromatic carbocycles. The lowest BCUT2D eigenvalue weighted by Gasteiger charge is -2.26. The Morgan fingerprint density at radius 1 is 1.50 bits per heavy atom. The average molecular weight is 221 g/mol. The highest BCUT2D eigenvalue weighted by Crippen LogP contribution is 2.28. The van der Waals surface area contributed by atoms with Gasteiger partial charge in [0.15, 0.2) is 0 Å². The Hall–Kier alpha value is -1.71. The number of esters is 1. The molecule has 16 heavy (non-hydrogen) atoms. The maximum absolute atomic E-state index is 11.6. The number of hydrogen-bond donors (Lipinski definition) is 1. The molecule has 1 heterocycles. The van der Waals surface area contributed by atoms with E-state index in [-0.39, 0.29) is 12.1 Å². The van der Waals surface area contributed by atoms with Gasteiger partial charge in [-0.05, 0) is 26.0 Å². The van der Waals surface area contributed by atoms with Crippen LogP contribution in [0.15, 0.2) is 24.3 Å². The molecule has 1 atom stereocenters. The van der Waals surface area contributed by atoms with Gasteiger partial charge >= 0.3 is 5.97 Å². The van der Waals surface area contributed by atoms with Crippen molar-refractivity contribution >= 4 is 11.7 Å². The Kier molecular flexibility index (Phi) is 2.99. The molecule has 0 saturated heterocycles. The van der Waals surface area contributed by atoms with Gasteiger partial charge in [-0.25, -0.2) is 4.79 Å². The summed E-state index contributed by atoms with van der Waals surface area (Å²) < 4.78 is 10.7. The van der Waals surface area contributed by atoms with Crippen LogP contribution in [0.3, 0.4) is 0 Å². The van der Waals surface area contributed by atoms with Crippen LogP contribution in [0.25, 0.3) is 0 Å². The second-order valence-electron chi connectivity index (χ2n) is 3.97. The van der Waals surface area contributed by atoms with E-state index >= 15 is 0 Å². The number of fused-ring (bicyclic) bond motifs is 1. The quantitative estimate of drug-likeness (QED) is 0.774. The molecule has 0 aromatic heterocycles. The topological polar surface area (TPSA) is 47.6 Å². The molecule has 0 fully saturated rings. The average Bonchev–Trinajstić information content (AvgIpc) is 2.27. The smallest absolute Gasteiger partial charge is 0.349 e. The van der Waals surface area contributed by atoms with Crippen LogP contribution in [-0.2, 0) is 9.53 Å². The van der Waals surface area contributed by atoms with Crippen LogP contribution in [0.1, 0.15) is 13.8 Å². The number of rotatable bonds is 2. The van der Waals surface area contributed by atoms with Crippen molar-refractivity contribution in [3.63, 3.8) is 0 Å². The number of carbonyl (C=O) groups is 1. The van der Waals surface area contributed by atoms with Crippen LogP contribution < -0.4 is 10.1 Å². The minimum atomic E-state index is -0.558. The molecular weight excluding hydrogens is 206 g/mol. The molecule has 0 amide bonds. The van der Waals surface area contributed by atoms with Crippen LogP contribution in [0.4, 0.5) is 5.69 Å². The lowest BCUT2D eigenvalue weighted by Crippen LogP contribution is -2.39. The number of ether oxygens (including phenoxy) is 2. The molecule has 1 N–H and O–H groups in total. The first-order valence-electron chi connectivity index (χ1n) is 5.37. The molecule has 4 heteroatoms. The summed E-state index contributed by atoms with van der Waals surface area (Å²) in [4.78, 5) is 11.6. The maximum atomic E-state index is 11.6. The van der Waals surface area contributed by atoms with Crippen molar-refractivity contribution in [3.8, 4) is 5.75 Å². The molecule has 0 radical (unpaired) electrons. The van der Waals surface area contributed by atoms with E-state index in [2.05, 4.69) is 5.32 Å². The van der Waals surface area contributed by atoms with Gasteiger partial charge in [-0.1, -0.05) is 12.1 Å². The van der Waals surface area contributed by atoms with Crippen molar-refractivity contribution in [2.45, 2.75) is 26.1 Å². The standard InChI is InChI=1S/C12H15NO3/c1-8(2)15-12(14)11-7-13-9-5-3-4-6-10(9)16-11/h3-6,8,11,13H,7H2,1-2H3. The summed E-state index contributed by atoms with van der Waals surface area (Å²) in [6, 6.07) is 7.54. The van der Waals surface area contributed by atoms with Crippen molar-refractivity contribution in [2.24, 2.45) is 0 Å². The highest BCUT2D eigenvalue weighted by atomic mass is 16.6. The van der Waals surface area contributed by atoms with Gasteiger partial charge in [0.1, 0.15) is 5.75 Å². The third-order valence-corrected chi connectivity index (χ3v) is 2.25. The lowest BCUT2D eigenvalue weighted by molar-refractivity contribution is -0.155. The predicted octanol–water partition coefficient (Wildman–Crippen LogP) is 1.81. The van der Waals surface area contributed by atoms with Crippen LogP contribution in [-0.4, -0.2) is 24.7 Å². The molecule has 0 saturated carbocycles. The van der Waals surface area contributed by atoms with Crippen LogP contribution >= 0.6 is 0 Å². The van der Waals surface area contributed by atoms with Crippen LogP contribution in [0.5, 0.6) is 5.75 Å². The summed E-state index contributed by atoms with van der Waals surface area (Å²) in [5.74, 6) is 0.372. The Bertz CT molecular complexity index is 390. The number of hydrogen-bond acceptors (Lipinski definition) is 4. The van der Waals surface area contributed by atoms with E-state index in [1.807, 2.05) is 38.1 Å². The van der Waals surface area contributed by atoms with E-state index in [0.29, 0.717) is 12.3 Å². The molecule has 0 bridgehead atoms. The van der Waals surface area contributed by atoms with E-state index in [1.165, 1.54) is 0 Å². The zero-order valence-corrected chi connectivity index (χ0v) is 9.40. The molecule has 4 nitrogen and oxygen atoms in total. The fourth-order valence-electron chi connectivity index (χ4n) is 1.55. The van der Waals surface area contributed by atoms with E-state index < -0.39 is 6.10 Å². The summed E-state index contributed by atoms with van der Waals surface area (Å²) in [5, 5.41) is 3.14. The normalized spacial score (nSPS) is 18.3.